The van der Waals surface area contributed by atoms with Crippen molar-refractivity contribution in [1.29, 1.82) is 0 Å². The van der Waals surface area contributed by atoms with Gasteiger partial charge in [-0.1, -0.05) is 81.1 Å². The Kier molecular flexibility index (Phi) is 8.06. The minimum atomic E-state index is -1.03. The van der Waals surface area contributed by atoms with Gasteiger partial charge in [0, 0.05) is 12.0 Å². The molecule has 0 aromatic heterocycles. The van der Waals surface area contributed by atoms with Crippen LogP contribution in [0.15, 0.2) is 48.5 Å². The van der Waals surface area contributed by atoms with E-state index in [1.54, 1.807) is 0 Å². The Morgan fingerprint density at radius 1 is 0.971 bits per heavy atom. The largest absolute Gasteiger partial charge is 0.480 e. The van der Waals surface area contributed by atoms with Gasteiger partial charge in [-0.3, -0.25) is 4.79 Å². The van der Waals surface area contributed by atoms with Crippen molar-refractivity contribution in [3.8, 4) is 11.1 Å². The molecule has 3 atom stereocenters. The number of hydrogen-bond donors (Lipinski definition) is 3. The summed E-state index contributed by atoms with van der Waals surface area (Å²) in [5, 5.41) is 15.0. The molecular weight excluding hydrogens is 444 g/mol. The molecule has 4 rings (SSSR count). The van der Waals surface area contributed by atoms with Crippen molar-refractivity contribution in [2.45, 2.75) is 69.9 Å². The normalized spacial score (nSPS) is 20.1. The smallest absolute Gasteiger partial charge is 0.407 e. The van der Waals surface area contributed by atoms with Gasteiger partial charge in [0.2, 0.25) is 5.91 Å². The molecule has 0 bridgehead atoms. The average molecular weight is 479 g/mol. The first-order chi connectivity index (χ1) is 17.0. The zero-order valence-corrected chi connectivity index (χ0v) is 20.2. The van der Waals surface area contributed by atoms with E-state index in [9.17, 15) is 19.5 Å². The van der Waals surface area contributed by atoms with E-state index >= 15 is 0 Å². The molecule has 2 amide bonds. The average Bonchev–Trinajstić information content (AvgIpc) is 2.98. The molecule has 35 heavy (non-hydrogen) atoms. The zero-order chi connectivity index (χ0) is 24.8. The van der Waals surface area contributed by atoms with Crippen LogP contribution in [0.2, 0.25) is 0 Å². The second kappa shape index (κ2) is 11.4. The van der Waals surface area contributed by atoms with E-state index in [1.807, 2.05) is 31.2 Å². The predicted molar refractivity (Wildman–Crippen MR) is 133 cm³/mol. The number of fused-ring (bicyclic) bond motifs is 3. The van der Waals surface area contributed by atoms with Crippen molar-refractivity contribution in [3.05, 3.63) is 59.7 Å². The number of hydrogen-bond acceptors (Lipinski definition) is 4. The number of amides is 2. The molecule has 7 heteroatoms. The zero-order valence-electron chi connectivity index (χ0n) is 20.2. The molecule has 2 aromatic rings. The van der Waals surface area contributed by atoms with Crippen LogP contribution in [0.3, 0.4) is 0 Å². The Morgan fingerprint density at radius 2 is 1.60 bits per heavy atom. The lowest BCUT2D eigenvalue weighted by atomic mass is 9.93. The Bertz CT molecular complexity index is 1020. The van der Waals surface area contributed by atoms with E-state index in [4.69, 9.17) is 4.74 Å². The summed E-state index contributed by atoms with van der Waals surface area (Å²) in [4.78, 5) is 37.4. The van der Waals surface area contributed by atoms with Crippen LogP contribution >= 0.6 is 0 Å². The van der Waals surface area contributed by atoms with Crippen molar-refractivity contribution < 1.29 is 24.2 Å². The fraction of sp³-hybridized carbons (Fsp3) is 0.464. The number of alkyl carbamates (subject to hydrolysis) is 1. The lowest BCUT2D eigenvalue weighted by molar-refractivity contribution is -0.142. The summed E-state index contributed by atoms with van der Waals surface area (Å²) in [5.74, 6) is -1.85. The van der Waals surface area contributed by atoms with Crippen molar-refractivity contribution in [2.24, 2.45) is 5.92 Å². The molecule has 0 aliphatic heterocycles. The van der Waals surface area contributed by atoms with Gasteiger partial charge < -0.3 is 20.5 Å². The molecule has 7 nitrogen and oxygen atoms in total. The molecule has 1 fully saturated rings. The number of carboxylic acids is 1. The lowest BCUT2D eigenvalue weighted by Crippen LogP contribution is -2.50. The van der Waals surface area contributed by atoms with E-state index in [0.29, 0.717) is 25.7 Å². The van der Waals surface area contributed by atoms with Crippen LogP contribution in [0, 0.1) is 5.92 Å². The number of carbonyl (C=O) groups is 3. The Balaban J connectivity index is 1.41. The Hall–Kier alpha value is -3.35. The highest BCUT2D eigenvalue weighted by molar-refractivity contribution is 5.86. The summed E-state index contributed by atoms with van der Waals surface area (Å²) in [6, 6.07) is 15.0. The van der Waals surface area contributed by atoms with E-state index in [-0.39, 0.29) is 24.5 Å². The van der Waals surface area contributed by atoms with Crippen LogP contribution in [0.25, 0.3) is 11.1 Å². The molecule has 0 radical (unpaired) electrons. The molecule has 2 aliphatic carbocycles. The highest BCUT2D eigenvalue weighted by Gasteiger charge is 2.34. The maximum Gasteiger partial charge on any atom is 0.407 e. The number of rotatable bonds is 8. The Labute approximate surface area is 206 Å². The maximum atomic E-state index is 13.0. The van der Waals surface area contributed by atoms with Crippen molar-refractivity contribution >= 4 is 18.0 Å². The molecule has 0 heterocycles. The molecule has 2 aromatic carbocycles. The number of ether oxygens (including phenoxy) is 1. The molecule has 0 saturated heterocycles. The standard InChI is InChI=1S/C28H34N2O5/c1-2-10-25(27(32)33)29-26(31)22-15-4-3-5-16-24(22)30-28(34)35-17-23-20-13-8-6-11-18(20)19-12-7-9-14-21(19)23/h6-9,11-14,22-25H,2-5,10,15-17H2,1H3,(H,29,31)(H,30,34)(H,32,33). The van der Waals surface area contributed by atoms with Gasteiger partial charge >= 0.3 is 12.1 Å². The monoisotopic (exact) mass is 478 g/mol. The minimum absolute atomic E-state index is 0.0354. The van der Waals surface area contributed by atoms with Gasteiger partial charge in [0.25, 0.3) is 0 Å². The molecule has 3 N–H and O–H groups in total. The molecule has 2 aliphatic rings. The van der Waals surface area contributed by atoms with Crippen LogP contribution in [0.5, 0.6) is 0 Å². The van der Waals surface area contributed by atoms with Crippen molar-refractivity contribution in [1.82, 2.24) is 10.6 Å². The summed E-state index contributed by atoms with van der Waals surface area (Å²) >= 11 is 0. The fourth-order valence-electron chi connectivity index (χ4n) is 5.41. The predicted octanol–water partition coefficient (Wildman–Crippen LogP) is 4.84. The van der Waals surface area contributed by atoms with Crippen LogP contribution in [-0.4, -0.2) is 41.8 Å². The molecule has 1 saturated carbocycles. The van der Waals surface area contributed by atoms with Crippen molar-refractivity contribution in [3.63, 3.8) is 0 Å². The van der Waals surface area contributed by atoms with Gasteiger partial charge in [0.1, 0.15) is 12.6 Å². The molecule has 186 valence electrons. The summed E-state index contributed by atoms with van der Waals surface area (Å²) in [6.07, 6.45) is 4.50. The third-order valence-electron chi connectivity index (χ3n) is 7.19. The topological polar surface area (TPSA) is 105 Å². The van der Waals surface area contributed by atoms with E-state index in [0.717, 1.165) is 41.5 Å². The first-order valence-corrected chi connectivity index (χ1v) is 12.6. The number of aliphatic carboxylic acids is 1. The maximum absolute atomic E-state index is 13.0. The fourth-order valence-corrected chi connectivity index (χ4v) is 5.41. The first-order valence-electron chi connectivity index (χ1n) is 12.6. The third kappa shape index (κ3) is 5.66. The third-order valence-corrected chi connectivity index (χ3v) is 7.19. The molecule has 0 spiro atoms. The van der Waals surface area contributed by atoms with Crippen LogP contribution in [0.1, 0.15) is 68.9 Å². The van der Waals surface area contributed by atoms with Gasteiger partial charge in [-0.05, 0) is 41.5 Å². The first kappa shape index (κ1) is 24.8. The summed E-state index contributed by atoms with van der Waals surface area (Å²) < 4.78 is 5.69. The van der Waals surface area contributed by atoms with Crippen LogP contribution in [0.4, 0.5) is 4.79 Å². The van der Waals surface area contributed by atoms with E-state index in [2.05, 4.69) is 34.9 Å². The number of carbonyl (C=O) groups excluding carboxylic acids is 2. The van der Waals surface area contributed by atoms with Crippen LogP contribution < -0.4 is 10.6 Å². The van der Waals surface area contributed by atoms with Gasteiger partial charge in [-0.25, -0.2) is 9.59 Å². The quantitative estimate of drug-likeness (QED) is 0.471. The number of carboxylic acid groups (broad SMARTS) is 1. The summed E-state index contributed by atoms with van der Waals surface area (Å²) in [5.41, 5.74) is 4.61. The highest BCUT2D eigenvalue weighted by atomic mass is 16.5. The Morgan fingerprint density at radius 3 is 2.23 bits per heavy atom. The van der Waals surface area contributed by atoms with Gasteiger partial charge in [-0.2, -0.15) is 0 Å². The van der Waals surface area contributed by atoms with Gasteiger partial charge in [0.05, 0.1) is 5.92 Å². The lowest BCUT2D eigenvalue weighted by Gasteiger charge is -2.27. The van der Waals surface area contributed by atoms with Crippen LogP contribution in [-0.2, 0) is 14.3 Å². The second-order valence-electron chi connectivity index (χ2n) is 9.51. The number of nitrogens with one attached hydrogen (secondary N) is 2. The summed E-state index contributed by atoms with van der Waals surface area (Å²) in [6.45, 7) is 2.09. The van der Waals surface area contributed by atoms with Gasteiger partial charge in [0.15, 0.2) is 0 Å². The SMILES string of the molecule is CCCC(NC(=O)C1CCCCCC1NC(=O)OCC1c2ccccc2-c2ccccc21)C(=O)O. The van der Waals surface area contributed by atoms with Crippen molar-refractivity contribution in [2.75, 3.05) is 6.61 Å². The van der Waals surface area contributed by atoms with E-state index < -0.39 is 24.0 Å². The van der Waals surface area contributed by atoms with E-state index in [1.165, 1.54) is 0 Å². The molecular formula is C28H34N2O5. The van der Waals surface area contributed by atoms with Gasteiger partial charge in [-0.15, -0.1) is 0 Å². The summed E-state index contributed by atoms with van der Waals surface area (Å²) in [7, 11) is 0. The number of benzene rings is 2. The minimum Gasteiger partial charge on any atom is -0.480 e. The highest BCUT2D eigenvalue weighted by Crippen LogP contribution is 2.44. The second-order valence-corrected chi connectivity index (χ2v) is 9.51. The molecule has 3 unspecified atom stereocenters.